The van der Waals surface area contributed by atoms with Crippen molar-refractivity contribution >= 4 is 17.9 Å². The van der Waals surface area contributed by atoms with Crippen LogP contribution < -0.4 is 0 Å². The van der Waals surface area contributed by atoms with E-state index in [0.29, 0.717) is 19.3 Å². The fourth-order valence-electron chi connectivity index (χ4n) is 9.23. The Morgan fingerprint density at radius 3 is 0.778 bits per heavy atom. The molecule has 0 aliphatic rings. The van der Waals surface area contributed by atoms with Gasteiger partial charge in [-0.3, -0.25) is 14.4 Å². The van der Waals surface area contributed by atoms with Gasteiger partial charge in [0.15, 0.2) is 6.10 Å². The minimum absolute atomic E-state index is 0.0780. The number of carbonyl (C=O) groups is 3. The van der Waals surface area contributed by atoms with Gasteiger partial charge in [0.1, 0.15) is 13.2 Å². The zero-order valence-electron chi connectivity index (χ0n) is 48.2. The molecular weight excluding hydrogens is 889 g/mol. The largest absolute Gasteiger partial charge is 0.462 e. The molecule has 0 saturated heterocycles. The van der Waals surface area contributed by atoms with Crippen LogP contribution in [-0.4, -0.2) is 37.2 Å². The van der Waals surface area contributed by atoms with Crippen molar-refractivity contribution in [2.24, 2.45) is 0 Å². The molecule has 0 rings (SSSR count). The summed E-state index contributed by atoms with van der Waals surface area (Å²) in [6, 6.07) is 0. The first kappa shape index (κ1) is 69.4. The Morgan fingerprint density at radius 2 is 0.500 bits per heavy atom. The maximum atomic E-state index is 12.9. The number of hydrogen-bond acceptors (Lipinski definition) is 6. The van der Waals surface area contributed by atoms with Crippen LogP contribution in [0.3, 0.4) is 0 Å². The molecule has 0 amide bonds. The molecule has 0 heterocycles. The van der Waals surface area contributed by atoms with E-state index in [-0.39, 0.29) is 31.1 Å². The highest BCUT2D eigenvalue weighted by atomic mass is 16.6. The van der Waals surface area contributed by atoms with E-state index in [1.54, 1.807) is 0 Å². The van der Waals surface area contributed by atoms with E-state index in [0.717, 1.165) is 77.0 Å². The standard InChI is InChI=1S/C66H120O6/c1-4-7-10-13-16-19-22-25-28-30-31-32-33-34-35-36-39-41-44-47-50-53-56-59-65(68)71-62-63(61-70-64(67)58-55-52-49-46-43-40-37-27-24-21-18-15-12-9-6-3)72-66(69)60-57-54-51-48-45-42-38-29-26-23-20-17-14-11-8-5-2/h22,25,27,29-31,37-38,63H,4-21,23-24,26,28,32-36,39-62H2,1-3H3/b25-22-,31-30-,37-27-,38-29-. The third-order valence-corrected chi connectivity index (χ3v) is 14.0. The van der Waals surface area contributed by atoms with Crippen LogP contribution in [0.1, 0.15) is 335 Å². The Morgan fingerprint density at radius 1 is 0.278 bits per heavy atom. The summed E-state index contributed by atoms with van der Waals surface area (Å²) in [7, 11) is 0. The lowest BCUT2D eigenvalue weighted by atomic mass is 10.0. The molecule has 0 aliphatic carbocycles. The van der Waals surface area contributed by atoms with Gasteiger partial charge in [-0.1, -0.05) is 262 Å². The van der Waals surface area contributed by atoms with Crippen molar-refractivity contribution < 1.29 is 28.6 Å². The van der Waals surface area contributed by atoms with Crippen molar-refractivity contribution in [1.29, 1.82) is 0 Å². The van der Waals surface area contributed by atoms with E-state index < -0.39 is 6.10 Å². The van der Waals surface area contributed by atoms with Crippen LogP contribution in [0.5, 0.6) is 0 Å². The van der Waals surface area contributed by atoms with Gasteiger partial charge >= 0.3 is 17.9 Å². The number of unbranched alkanes of at least 4 members (excludes halogenated alkanes) is 39. The summed E-state index contributed by atoms with van der Waals surface area (Å²) in [6.45, 7) is 6.65. The van der Waals surface area contributed by atoms with Crippen LogP contribution in [0.4, 0.5) is 0 Å². The maximum Gasteiger partial charge on any atom is 0.306 e. The van der Waals surface area contributed by atoms with Crippen molar-refractivity contribution in [3.63, 3.8) is 0 Å². The van der Waals surface area contributed by atoms with E-state index in [2.05, 4.69) is 69.4 Å². The van der Waals surface area contributed by atoms with Gasteiger partial charge in [-0.05, 0) is 103 Å². The Hall–Kier alpha value is -2.63. The number of esters is 3. The molecule has 6 nitrogen and oxygen atoms in total. The van der Waals surface area contributed by atoms with Crippen LogP contribution in [-0.2, 0) is 28.6 Å². The van der Waals surface area contributed by atoms with Crippen LogP contribution in [0.25, 0.3) is 0 Å². The molecule has 6 heteroatoms. The molecule has 0 spiro atoms. The minimum atomic E-state index is -0.781. The summed E-state index contributed by atoms with van der Waals surface area (Å²) in [5, 5.41) is 0. The number of rotatable bonds is 58. The molecule has 0 aliphatic heterocycles. The fourth-order valence-corrected chi connectivity index (χ4v) is 9.23. The van der Waals surface area contributed by atoms with Gasteiger partial charge in [-0.2, -0.15) is 0 Å². The first-order valence-electron chi connectivity index (χ1n) is 31.6. The molecule has 0 bridgehead atoms. The lowest BCUT2D eigenvalue weighted by Crippen LogP contribution is -2.30. The highest BCUT2D eigenvalue weighted by Gasteiger charge is 2.19. The molecule has 0 radical (unpaired) electrons. The molecule has 0 aromatic carbocycles. The van der Waals surface area contributed by atoms with Crippen LogP contribution in [0, 0.1) is 0 Å². The predicted octanol–water partition coefficient (Wildman–Crippen LogP) is 21.4. The second-order valence-corrected chi connectivity index (χ2v) is 21.3. The average Bonchev–Trinajstić information content (AvgIpc) is 3.38. The molecule has 0 N–H and O–H groups in total. The molecule has 0 saturated carbocycles. The first-order valence-corrected chi connectivity index (χ1v) is 31.6. The van der Waals surface area contributed by atoms with Gasteiger partial charge in [0.2, 0.25) is 0 Å². The Bertz CT molecular complexity index is 1250. The van der Waals surface area contributed by atoms with Crippen molar-refractivity contribution in [2.75, 3.05) is 13.2 Å². The van der Waals surface area contributed by atoms with Gasteiger partial charge in [0.05, 0.1) is 0 Å². The second kappa shape index (κ2) is 60.9. The van der Waals surface area contributed by atoms with E-state index in [1.165, 1.54) is 218 Å². The summed E-state index contributed by atoms with van der Waals surface area (Å²) in [6.07, 6.45) is 75.4. The van der Waals surface area contributed by atoms with Crippen LogP contribution in [0.2, 0.25) is 0 Å². The normalized spacial score (nSPS) is 12.3. The van der Waals surface area contributed by atoms with Crippen LogP contribution >= 0.6 is 0 Å². The summed E-state index contributed by atoms with van der Waals surface area (Å²) < 4.78 is 16.9. The SMILES string of the molecule is CCCCCCC/C=C\C/C=C\CCCCCCCCCCCCCC(=O)OCC(COC(=O)CCCCCCC/C=C\CCCCCCCC)OC(=O)CCCCCCC/C=C\CCCCCCCCC. The van der Waals surface area contributed by atoms with E-state index in [1.807, 2.05) is 0 Å². The topological polar surface area (TPSA) is 78.9 Å². The Kier molecular flexibility index (Phi) is 58.7. The van der Waals surface area contributed by atoms with Gasteiger partial charge in [0.25, 0.3) is 0 Å². The highest BCUT2D eigenvalue weighted by Crippen LogP contribution is 2.16. The van der Waals surface area contributed by atoms with Crippen molar-refractivity contribution in [3.8, 4) is 0 Å². The number of hydrogen-bond donors (Lipinski definition) is 0. The van der Waals surface area contributed by atoms with E-state index in [9.17, 15) is 14.4 Å². The first-order chi connectivity index (χ1) is 35.5. The lowest BCUT2D eigenvalue weighted by molar-refractivity contribution is -0.167. The molecule has 0 aromatic heterocycles. The summed E-state index contributed by atoms with van der Waals surface area (Å²) >= 11 is 0. The smallest absolute Gasteiger partial charge is 0.306 e. The maximum absolute atomic E-state index is 12.9. The Balaban J connectivity index is 4.32. The number of ether oxygens (including phenoxy) is 3. The molecular formula is C66H120O6. The minimum Gasteiger partial charge on any atom is -0.462 e. The van der Waals surface area contributed by atoms with Crippen molar-refractivity contribution in [1.82, 2.24) is 0 Å². The quantitative estimate of drug-likeness (QED) is 0.0261. The summed E-state index contributed by atoms with van der Waals surface area (Å²) in [5.41, 5.74) is 0. The van der Waals surface area contributed by atoms with E-state index >= 15 is 0 Å². The summed E-state index contributed by atoms with van der Waals surface area (Å²) in [4.78, 5) is 38.3. The predicted molar refractivity (Wildman–Crippen MR) is 312 cm³/mol. The molecule has 0 aromatic rings. The second-order valence-electron chi connectivity index (χ2n) is 21.3. The fraction of sp³-hybridized carbons (Fsp3) is 0.833. The van der Waals surface area contributed by atoms with Crippen LogP contribution in [0.15, 0.2) is 48.6 Å². The monoisotopic (exact) mass is 1010 g/mol. The highest BCUT2D eigenvalue weighted by molar-refractivity contribution is 5.71. The zero-order valence-corrected chi connectivity index (χ0v) is 48.2. The third-order valence-electron chi connectivity index (χ3n) is 14.0. The van der Waals surface area contributed by atoms with Gasteiger partial charge in [-0.15, -0.1) is 0 Å². The van der Waals surface area contributed by atoms with E-state index in [4.69, 9.17) is 14.2 Å². The number of allylic oxidation sites excluding steroid dienone is 8. The molecule has 0 fully saturated rings. The average molecular weight is 1010 g/mol. The third kappa shape index (κ3) is 58.3. The zero-order chi connectivity index (χ0) is 52.2. The molecule has 1 unspecified atom stereocenters. The van der Waals surface area contributed by atoms with Gasteiger partial charge in [0, 0.05) is 19.3 Å². The van der Waals surface area contributed by atoms with Gasteiger partial charge < -0.3 is 14.2 Å². The Labute approximate surface area is 448 Å². The van der Waals surface area contributed by atoms with Crippen molar-refractivity contribution in [2.45, 2.75) is 341 Å². The molecule has 1 atom stereocenters. The molecule has 72 heavy (non-hydrogen) atoms. The van der Waals surface area contributed by atoms with Gasteiger partial charge in [-0.25, -0.2) is 0 Å². The lowest BCUT2D eigenvalue weighted by Gasteiger charge is -2.18. The number of carbonyl (C=O) groups excluding carboxylic acids is 3. The van der Waals surface area contributed by atoms with Crippen molar-refractivity contribution in [3.05, 3.63) is 48.6 Å². The molecule has 420 valence electrons. The summed E-state index contributed by atoms with van der Waals surface area (Å²) in [5.74, 6) is -0.879.